The molecule has 80 valence electrons. The minimum Gasteiger partial charge on any atom is -0.360 e. The first-order valence-electron chi connectivity index (χ1n) is 6.18. The van der Waals surface area contributed by atoms with Crippen molar-refractivity contribution in [3.63, 3.8) is 0 Å². The Balaban J connectivity index is 1.80. The number of nitrogens with zero attached hydrogens (tertiary/aromatic N) is 1. The van der Waals surface area contributed by atoms with Gasteiger partial charge >= 0.3 is 0 Å². The molecule has 1 saturated carbocycles. The summed E-state index contributed by atoms with van der Waals surface area (Å²) in [7, 11) is 0. The van der Waals surface area contributed by atoms with E-state index in [1.54, 1.807) is 0 Å². The molecule has 2 heteroatoms. The van der Waals surface area contributed by atoms with Crippen LogP contribution in [0.3, 0.4) is 0 Å². The molecular formula is C12H22N2. The predicted octanol–water partition coefficient (Wildman–Crippen LogP) is 3.03. The zero-order chi connectivity index (χ0) is 9.80. The molecule has 0 aromatic heterocycles. The van der Waals surface area contributed by atoms with Crippen LogP contribution >= 0.6 is 0 Å². The van der Waals surface area contributed by atoms with Gasteiger partial charge in [-0.1, -0.05) is 25.7 Å². The van der Waals surface area contributed by atoms with Crippen molar-refractivity contribution in [1.82, 2.24) is 4.90 Å². The van der Waals surface area contributed by atoms with Gasteiger partial charge in [-0.05, 0) is 25.2 Å². The Morgan fingerprint density at radius 2 is 1.79 bits per heavy atom. The minimum atomic E-state index is 0.885. The van der Waals surface area contributed by atoms with Gasteiger partial charge in [-0.15, -0.1) is 0 Å². The second-order valence-corrected chi connectivity index (χ2v) is 4.85. The molecule has 14 heavy (non-hydrogen) atoms. The summed E-state index contributed by atoms with van der Waals surface area (Å²) < 4.78 is 0. The molecule has 2 fully saturated rings. The average Bonchev–Trinajstić information content (AvgIpc) is 2.44. The zero-order valence-corrected chi connectivity index (χ0v) is 9.10. The molecule has 0 radical (unpaired) electrons. The normalized spacial score (nSPS) is 25.4. The molecule has 2 aliphatic rings. The highest BCUT2D eigenvalue weighted by atomic mass is 15.2. The molecule has 2 rings (SSSR count). The van der Waals surface area contributed by atoms with Crippen LogP contribution in [0.1, 0.15) is 51.4 Å². The smallest absolute Gasteiger partial charge is 0.0958 e. The standard InChI is InChI=1S/C12H22N2/c13-12-8-5-9-14(12)10-11-6-3-1-2-4-7-11/h11,13H,1-10H2. The van der Waals surface area contributed by atoms with Crippen molar-refractivity contribution in [2.24, 2.45) is 5.92 Å². The molecule has 1 aliphatic heterocycles. The molecule has 0 atom stereocenters. The second-order valence-electron chi connectivity index (χ2n) is 4.85. The van der Waals surface area contributed by atoms with Crippen LogP contribution in [0.2, 0.25) is 0 Å². The van der Waals surface area contributed by atoms with E-state index in [9.17, 15) is 0 Å². The fourth-order valence-corrected chi connectivity index (χ4v) is 2.79. The van der Waals surface area contributed by atoms with Crippen LogP contribution in [0.4, 0.5) is 0 Å². The predicted molar refractivity (Wildman–Crippen MR) is 59.7 cm³/mol. The summed E-state index contributed by atoms with van der Waals surface area (Å²) in [4.78, 5) is 2.32. The number of nitrogens with one attached hydrogen (secondary N) is 1. The van der Waals surface area contributed by atoms with E-state index < -0.39 is 0 Å². The molecule has 1 saturated heterocycles. The van der Waals surface area contributed by atoms with Crippen LogP contribution in [0, 0.1) is 11.3 Å². The number of hydrogen-bond donors (Lipinski definition) is 1. The van der Waals surface area contributed by atoms with Crippen LogP contribution < -0.4 is 0 Å². The Morgan fingerprint density at radius 3 is 2.36 bits per heavy atom. The summed E-state index contributed by atoms with van der Waals surface area (Å²) in [5.41, 5.74) is 0. The number of amidine groups is 1. The third-order valence-electron chi connectivity index (χ3n) is 3.68. The second kappa shape index (κ2) is 4.81. The van der Waals surface area contributed by atoms with Crippen LogP contribution in [0.25, 0.3) is 0 Å². The molecule has 0 spiro atoms. The van der Waals surface area contributed by atoms with Crippen LogP contribution in [-0.2, 0) is 0 Å². The maximum atomic E-state index is 7.81. The lowest BCUT2D eigenvalue weighted by Gasteiger charge is -2.23. The van der Waals surface area contributed by atoms with E-state index in [4.69, 9.17) is 5.41 Å². The minimum absolute atomic E-state index is 0.885. The maximum absolute atomic E-state index is 7.81. The van der Waals surface area contributed by atoms with Crippen LogP contribution in [0.5, 0.6) is 0 Å². The van der Waals surface area contributed by atoms with E-state index in [2.05, 4.69) is 4.90 Å². The van der Waals surface area contributed by atoms with Crippen molar-refractivity contribution >= 4 is 5.84 Å². The molecule has 1 heterocycles. The average molecular weight is 194 g/mol. The third kappa shape index (κ3) is 2.49. The van der Waals surface area contributed by atoms with Gasteiger partial charge in [0.2, 0.25) is 0 Å². The fraction of sp³-hybridized carbons (Fsp3) is 0.917. The molecule has 0 unspecified atom stereocenters. The van der Waals surface area contributed by atoms with Gasteiger partial charge in [0.1, 0.15) is 0 Å². The van der Waals surface area contributed by atoms with Gasteiger partial charge in [0, 0.05) is 19.5 Å². The quantitative estimate of drug-likeness (QED) is 0.672. The molecule has 0 bridgehead atoms. The lowest BCUT2D eigenvalue weighted by molar-refractivity contribution is 0.328. The molecule has 0 aromatic carbocycles. The van der Waals surface area contributed by atoms with Crippen molar-refractivity contribution in [3.8, 4) is 0 Å². The van der Waals surface area contributed by atoms with Crippen molar-refractivity contribution in [2.45, 2.75) is 51.4 Å². The van der Waals surface area contributed by atoms with E-state index in [1.807, 2.05) is 0 Å². The van der Waals surface area contributed by atoms with Crippen LogP contribution in [0.15, 0.2) is 0 Å². The van der Waals surface area contributed by atoms with E-state index >= 15 is 0 Å². The highest BCUT2D eigenvalue weighted by Gasteiger charge is 2.21. The zero-order valence-electron chi connectivity index (χ0n) is 9.10. The van der Waals surface area contributed by atoms with E-state index in [0.717, 1.165) is 24.7 Å². The molecule has 1 N–H and O–H groups in total. The maximum Gasteiger partial charge on any atom is 0.0958 e. The first kappa shape index (κ1) is 10.0. The van der Waals surface area contributed by atoms with Gasteiger partial charge in [0.15, 0.2) is 0 Å². The third-order valence-corrected chi connectivity index (χ3v) is 3.68. The molecule has 1 aliphatic carbocycles. The summed E-state index contributed by atoms with van der Waals surface area (Å²) >= 11 is 0. The number of hydrogen-bond acceptors (Lipinski definition) is 1. The summed E-state index contributed by atoms with van der Waals surface area (Å²) in [6.07, 6.45) is 10.8. The first-order chi connectivity index (χ1) is 6.86. The lowest BCUT2D eigenvalue weighted by Crippen LogP contribution is -2.30. The summed E-state index contributed by atoms with van der Waals surface area (Å²) in [6, 6.07) is 0. The Bertz CT molecular complexity index is 192. The Labute approximate surface area is 87.2 Å². The van der Waals surface area contributed by atoms with Crippen molar-refractivity contribution < 1.29 is 0 Å². The van der Waals surface area contributed by atoms with E-state index in [1.165, 1.54) is 51.5 Å². The van der Waals surface area contributed by atoms with Crippen molar-refractivity contribution in [1.29, 1.82) is 5.41 Å². The van der Waals surface area contributed by atoms with E-state index in [-0.39, 0.29) is 0 Å². The molecular weight excluding hydrogens is 172 g/mol. The number of rotatable bonds is 2. The van der Waals surface area contributed by atoms with E-state index in [0.29, 0.717) is 0 Å². The summed E-state index contributed by atoms with van der Waals surface area (Å²) in [5, 5.41) is 7.81. The summed E-state index contributed by atoms with van der Waals surface area (Å²) in [6.45, 7) is 2.33. The highest BCUT2D eigenvalue weighted by Crippen LogP contribution is 2.25. The SMILES string of the molecule is N=C1CCCN1CC1CCCCCC1. The lowest BCUT2D eigenvalue weighted by atomic mass is 10.00. The fourth-order valence-electron chi connectivity index (χ4n) is 2.79. The highest BCUT2D eigenvalue weighted by molar-refractivity contribution is 5.80. The van der Waals surface area contributed by atoms with Gasteiger partial charge in [0.05, 0.1) is 5.84 Å². The topological polar surface area (TPSA) is 27.1 Å². The van der Waals surface area contributed by atoms with Gasteiger partial charge in [-0.3, -0.25) is 5.41 Å². The van der Waals surface area contributed by atoms with Gasteiger partial charge in [-0.2, -0.15) is 0 Å². The largest absolute Gasteiger partial charge is 0.360 e. The van der Waals surface area contributed by atoms with Gasteiger partial charge < -0.3 is 4.90 Å². The van der Waals surface area contributed by atoms with Crippen molar-refractivity contribution in [3.05, 3.63) is 0 Å². The summed E-state index contributed by atoms with van der Waals surface area (Å²) in [5.74, 6) is 1.78. The Kier molecular flexibility index (Phi) is 3.44. The molecule has 0 amide bonds. The first-order valence-corrected chi connectivity index (χ1v) is 6.18. The van der Waals surface area contributed by atoms with Crippen LogP contribution in [-0.4, -0.2) is 23.8 Å². The monoisotopic (exact) mass is 194 g/mol. The molecule has 2 nitrogen and oxygen atoms in total. The number of likely N-dealkylation sites (tertiary alicyclic amines) is 1. The Morgan fingerprint density at radius 1 is 1.07 bits per heavy atom. The van der Waals surface area contributed by atoms with Gasteiger partial charge in [0.25, 0.3) is 0 Å². The molecule has 0 aromatic rings. The Hall–Kier alpha value is -0.530. The van der Waals surface area contributed by atoms with Crippen molar-refractivity contribution in [2.75, 3.05) is 13.1 Å². The van der Waals surface area contributed by atoms with Gasteiger partial charge in [-0.25, -0.2) is 0 Å².